The second-order valence-corrected chi connectivity index (χ2v) is 8.41. The molecule has 156 valence electrons. The van der Waals surface area contributed by atoms with Crippen LogP contribution in [-0.4, -0.2) is 41.5 Å². The van der Waals surface area contributed by atoms with Gasteiger partial charge >= 0.3 is 5.97 Å². The van der Waals surface area contributed by atoms with E-state index in [1.54, 1.807) is 17.2 Å². The second kappa shape index (κ2) is 9.39. The minimum Gasteiger partial charge on any atom is -0.486 e. The van der Waals surface area contributed by atoms with E-state index in [1.807, 2.05) is 19.9 Å². The van der Waals surface area contributed by atoms with Crippen molar-refractivity contribution in [3.05, 3.63) is 44.9 Å². The topological polar surface area (TPSA) is 68.7 Å². The zero-order valence-electron chi connectivity index (χ0n) is 17.5. The van der Waals surface area contributed by atoms with Gasteiger partial charge in [0.2, 0.25) is 0 Å². The monoisotopic (exact) mass is 416 g/mol. The van der Waals surface area contributed by atoms with E-state index in [-0.39, 0.29) is 17.8 Å². The van der Waals surface area contributed by atoms with Gasteiger partial charge in [-0.1, -0.05) is 6.07 Å². The summed E-state index contributed by atoms with van der Waals surface area (Å²) in [4.78, 5) is 31.0. The molecule has 1 amide bonds. The molecule has 1 saturated heterocycles. The Balaban J connectivity index is 1.62. The highest BCUT2D eigenvalue weighted by Crippen LogP contribution is 2.25. The predicted octanol–water partition coefficient (Wildman–Crippen LogP) is 4.06. The van der Waals surface area contributed by atoms with Gasteiger partial charge in [-0.2, -0.15) is 0 Å². The lowest BCUT2D eigenvalue weighted by atomic mass is 9.98. The Morgan fingerprint density at radius 3 is 2.83 bits per heavy atom. The number of piperidine rings is 1. The zero-order chi connectivity index (χ0) is 21.0. The third kappa shape index (κ3) is 5.15. The summed E-state index contributed by atoms with van der Waals surface area (Å²) in [7, 11) is 0. The summed E-state index contributed by atoms with van der Waals surface area (Å²) in [5.74, 6) is 0.241. The van der Waals surface area contributed by atoms with E-state index >= 15 is 0 Å². The SMILES string of the molecule is CCOC(=O)[C@@H]1CCCN(C(=O)c2csc(COc3cc(C)cc(C)c3C)n2)C1. The summed E-state index contributed by atoms with van der Waals surface area (Å²) in [5.41, 5.74) is 3.87. The quantitative estimate of drug-likeness (QED) is 0.664. The first-order valence-electron chi connectivity index (χ1n) is 10.00. The fourth-order valence-electron chi connectivity index (χ4n) is 3.54. The highest BCUT2D eigenvalue weighted by molar-refractivity contribution is 7.09. The molecule has 0 radical (unpaired) electrons. The van der Waals surface area contributed by atoms with E-state index in [1.165, 1.54) is 16.9 Å². The third-order valence-corrected chi connectivity index (χ3v) is 6.04. The van der Waals surface area contributed by atoms with Crippen LogP contribution in [0.15, 0.2) is 17.5 Å². The Bertz CT molecular complexity index is 893. The third-order valence-electron chi connectivity index (χ3n) is 5.21. The number of aromatic nitrogens is 1. The maximum absolute atomic E-state index is 12.8. The van der Waals surface area contributed by atoms with Crippen LogP contribution in [0.25, 0.3) is 0 Å². The molecular formula is C22H28N2O4S. The molecule has 2 heterocycles. The van der Waals surface area contributed by atoms with Gasteiger partial charge < -0.3 is 14.4 Å². The van der Waals surface area contributed by atoms with Gasteiger partial charge in [0, 0.05) is 18.5 Å². The molecule has 0 bridgehead atoms. The number of ether oxygens (including phenoxy) is 2. The van der Waals surface area contributed by atoms with Crippen LogP contribution >= 0.6 is 11.3 Å². The largest absolute Gasteiger partial charge is 0.486 e. The number of thiazole rings is 1. The lowest BCUT2D eigenvalue weighted by Crippen LogP contribution is -2.43. The number of benzene rings is 1. The van der Waals surface area contributed by atoms with Crippen molar-refractivity contribution in [3.8, 4) is 5.75 Å². The molecule has 2 aromatic rings. The zero-order valence-corrected chi connectivity index (χ0v) is 18.3. The minimum atomic E-state index is -0.248. The molecule has 29 heavy (non-hydrogen) atoms. The first-order chi connectivity index (χ1) is 13.9. The fourth-order valence-corrected chi connectivity index (χ4v) is 4.22. The van der Waals surface area contributed by atoms with Gasteiger partial charge in [0.25, 0.3) is 5.91 Å². The van der Waals surface area contributed by atoms with Crippen LogP contribution in [0.3, 0.4) is 0 Å². The Hall–Kier alpha value is -2.41. The second-order valence-electron chi connectivity index (χ2n) is 7.46. The number of carbonyl (C=O) groups excluding carboxylic acids is 2. The molecule has 6 nitrogen and oxygen atoms in total. The van der Waals surface area contributed by atoms with E-state index in [0.717, 1.165) is 34.7 Å². The summed E-state index contributed by atoms with van der Waals surface area (Å²) in [6.07, 6.45) is 1.55. The number of rotatable bonds is 6. The van der Waals surface area contributed by atoms with Gasteiger partial charge in [0.15, 0.2) is 0 Å². The van der Waals surface area contributed by atoms with Crippen LogP contribution in [-0.2, 0) is 16.1 Å². The molecule has 3 rings (SSSR count). The molecule has 0 aliphatic carbocycles. The highest BCUT2D eigenvalue weighted by Gasteiger charge is 2.30. The van der Waals surface area contributed by atoms with Crippen molar-refractivity contribution in [2.24, 2.45) is 5.92 Å². The summed E-state index contributed by atoms with van der Waals surface area (Å²) in [6.45, 7) is 9.66. The van der Waals surface area contributed by atoms with Crippen molar-refractivity contribution in [1.82, 2.24) is 9.88 Å². The molecule has 1 aliphatic heterocycles. The van der Waals surface area contributed by atoms with E-state index in [9.17, 15) is 9.59 Å². The summed E-state index contributed by atoms with van der Waals surface area (Å²) in [5, 5.41) is 2.52. The maximum Gasteiger partial charge on any atom is 0.310 e. The van der Waals surface area contributed by atoms with E-state index in [2.05, 4.69) is 18.0 Å². The van der Waals surface area contributed by atoms with Crippen LogP contribution in [0.4, 0.5) is 0 Å². The van der Waals surface area contributed by atoms with Crippen molar-refractivity contribution >= 4 is 23.2 Å². The van der Waals surface area contributed by atoms with E-state index < -0.39 is 0 Å². The van der Waals surface area contributed by atoms with Gasteiger partial charge in [-0.05, 0) is 63.3 Å². The molecule has 1 fully saturated rings. The highest BCUT2D eigenvalue weighted by atomic mass is 32.1. The van der Waals surface area contributed by atoms with Gasteiger partial charge in [-0.25, -0.2) is 4.98 Å². The molecule has 0 spiro atoms. The molecule has 7 heteroatoms. The van der Waals surface area contributed by atoms with Crippen molar-refractivity contribution in [2.45, 2.75) is 47.1 Å². The Morgan fingerprint density at radius 1 is 1.28 bits per heavy atom. The van der Waals surface area contributed by atoms with Crippen LogP contribution in [0.1, 0.15) is 52.0 Å². The lowest BCUT2D eigenvalue weighted by molar-refractivity contribution is -0.149. The number of hydrogen-bond donors (Lipinski definition) is 0. The number of aryl methyl sites for hydroxylation is 2. The van der Waals surface area contributed by atoms with Crippen molar-refractivity contribution in [1.29, 1.82) is 0 Å². The Morgan fingerprint density at radius 2 is 2.07 bits per heavy atom. The lowest BCUT2D eigenvalue weighted by Gasteiger charge is -2.31. The smallest absolute Gasteiger partial charge is 0.310 e. The molecule has 1 aliphatic rings. The number of esters is 1. The van der Waals surface area contributed by atoms with Crippen molar-refractivity contribution < 1.29 is 19.1 Å². The number of hydrogen-bond acceptors (Lipinski definition) is 6. The van der Waals surface area contributed by atoms with Crippen LogP contribution in [0.2, 0.25) is 0 Å². The molecule has 0 unspecified atom stereocenters. The maximum atomic E-state index is 12.8. The van der Waals surface area contributed by atoms with Gasteiger partial charge in [0.1, 0.15) is 23.1 Å². The van der Waals surface area contributed by atoms with Gasteiger partial charge in [-0.15, -0.1) is 11.3 Å². The van der Waals surface area contributed by atoms with E-state index in [0.29, 0.717) is 32.0 Å². The average Bonchev–Trinajstić information content (AvgIpc) is 3.18. The molecule has 1 atom stereocenters. The van der Waals surface area contributed by atoms with Crippen molar-refractivity contribution in [3.63, 3.8) is 0 Å². The first kappa shape index (κ1) is 21.3. The Labute approximate surface area is 175 Å². The van der Waals surface area contributed by atoms with Gasteiger partial charge in [-0.3, -0.25) is 9.59 Å². The van der Waals surface area contributed by atoms with Gasteiger partial charge in [0.05, 0.1) is 12.5 Å². The number of amides is 1. The standard InChI is InChI=1S/C22H28N2O4S/c1-5-27-22(26)17-7-6-8-24(11-17)21(25)18-13-29-20(23-18)12-28-19-10-14(2)9-15(3)16(19)4/h9-10,13,17H,5-8,11-12H2,1-4H3/t17-/m1/s1. The molecular weight excluding hydrogens is 388 g/mol. The van der Waals surface area contributed by atoms with E-state index in [4.69, 9.17) is 9.47 Å². The predicted molar refractivity (Wildman–Crippen MR) is 112 cm³/mol. The average molecular weight is 417 g/mol. The summed E-state index contributed by atoms with van der Waals surface area (Å²) >= 11 is 1.42. The number of likely N-dealkylation sites (tertiary alicyclic amines) is 1. The van der Waals surface area contributed by atoms with Crippen LogP contribution < -0.4 is 4.74 Å². The summed E-state index contributed by atoms with van der Waals surface area (Å²) < 4.78 is 11.1. The minimum absolute atomic E-state index is 0.135. The molecule has 1 aromatic heterocycles. The Kier molecular flexibility index (Phi) is 6.90. The van der Waals surface area contributed by atoms with Crippen LogP contribution in [0, 0.1) is 26.7 Å². The first-order valence-corrected chi connectivity index (χ1v) is 10.9. The number of nitrogens with zero attached hydrogens (tertiary/aromatic N) is 2. The fraction of sp³-hybridized carbons (Fsp3) is 0.500. The normalized spacial score (nSPS) is 16.6. The number of carbonyl (C=O) groups is 2. The van der Waals surface area contributed by atoms with Crippen molar-refractivity contribution in [2.75, 3.05) is 19.7 Å². The summed E-state index contributed by atoms with van der Waals surface area (Å²) in [6, 6.07) is 4.15. The molecule has 0 N–H and O–H groups in total. The molecule has 0 saturated carbocycles. The van der Waals surface area contributed by atoms with Crippen LogP contribution in [0.5, 0.6) is 5.75 Å². The molecule has 1 aromatic carbocycles.